The summed E-state index contributed by atoms with van der Waals surface area (Å²) in [7, 11) is 0. The Morgan fingerprint density at radius 2 is 2.21 bits per heavy atom. The molecular formula is C17H24N4O2S. The summed E-state index contributed by atoms with van der Waals surface area (Å²) in [6, 6.07) is 3.68. The van der Waals surface area contributed by atoms with Crippen LogP contribution in [0.4, 0.5) is 0 Å². The Bertz CT molecular complexity index is 647. The SMILES string of the molecule is CCOC(C)c1nc(CN2CCN(C(=O)c3ccc[nH]3)CC2)cs1. The lowest BCUT2D eigenvalue weighted by molar-refractivity contribution is 0.0620. The van der Waals surface area contributed by atoms with Crippen LogP contribution in [0.5, 0.6) is 0 Å². The van der Waals surface area contributed by atoms with E-state index in [0.29, 0.717) is 12.3 Å². The Morgan fingerprint density at radius 1 is 1.42 bits per heavy atom. The van der Waals surface area contributed by atoms with Crippen LogP contribution in [0, 0.1) is 0 Å². The highest BCUT2D eigenvalue weighted by atomic mass is 32.1. The van der Waals surface area contributed by atoms with Crippen LogP contribution in [0.2, 0.25) is 0 Å². The molecule has 1 unspecified atom stereocenters. The normalized spacial score (nSPS) is 17.2. The van der Waals surface area contributed by atoms with Gasteiger partial charge >= 0.3 is 0 Å². The Labute approximate surface area is 146 Å². The summed E-state index contributed by atoms with van der Waals surface area (Å²) in [4.78, 5) is 24.2. The first-order valence-electron chi connectivity index (χ1n) is 8.38. The van der Waals surface area contributed by atoms with Gasteiger partial charge in [0.1, 0.15) is 16.8 Å². The Balaban J connectivity index is 1.50. The third-order valence-corrected chi connectivity index (χ3v) is 5.26. The molecule has 0 spiro atoms. The first-order valence-corrected chi connectivity index (χ1v) is 9.26. The maximum absolute atomic E-state index is 12.3. The number of thiazole rings is 1. The summed E-state index contributed by atoms with van der Waals surface area (Å²) < 4.78 is 5.59. The topological polar surface area (TPSA) is 61.5 Å². The first-order chi connectivity index (χ1) is 11.7. The molecule has 0 aliphatic carbocycles. The van der Waals surface area contributed by atoms with Gasteiger partial charge in [-0.15, -0.1) is 11.3 Å². The van der Waals surface area contributed by atoms with E-state index in [1.54, 1.807) is 17.5 Å². The first kappa shape index (κ1) is 17.1. The largest absolute Gasteiger partial charge is 0.372 e. The molecule has 1 aliphatic rings. The molecule has 1 fully saturated rings. The van der Waals surface area contributed by atoms with Gasteiger partial charge in [0.15, 0.2) is 0 Å². The molecule has 1 aliphatic heterocycles. The van der Waals surface area contributed by atoms with Gasteiger partial charge in [-0.05, 0) is 26.0 Å². The molecule has 3 heterocycles. The standard InChI is InChI=1S/C17H24N4O2S/c1-3-23-13(2)16-19-14(12-24-16)11-20-7-9-21(10-8-20)17(22)15-5-4-6-18-15/h4-6,12-13,18H,3,7-11H2,1-2H3. The molecule has 2 aromatic heterocycles. The molecule has 6 nitrogen and oxygen atoms in total. The highest BCUT2D eigenvalue weighted by Crippen LogP contribution is 2.22. The second-order valence-electron chi connectivity index (χ2n) is 5.93. The van der Waals surface area contributed by atoms with Crippen molar-refractivity contribution in [3.63, 3.8) is 0 Å². The number of aromatic nitrogens is 2. The van der Waals surface area contributed by atoms with Crippen LogP contribution in [0.15, 0.2) is 23.7 Å². The quantitative estimate of drug-likeness (QED) is 0.871. The number of nitrogens with one attached hydrogen (secondary N) is 1. The molecule has 0 saturated carbocycles. The predicted molar refractivity (Wildman–Crippen MR) is 94.1 cm³/mol. The van der Waals surface area contributed by atoms with Crippen molar-refractivity contribution in [1.29, 1.82) is 0 Å². The number of amides is 1. The van der Waals surface area contributed by atoms with Crippen molar-refractivity contribution in [2.24, 2.45) is 0 Å². The summed E-state index contributed by atoms with van der Waals surface area (Å²) in [5.74, 6) is 0.0844. The number of hydrogen-bond acceptors (Lipinski definition) is 5. The number of carbonyl (C=O) groups excluding carboxylic acids is 1. The van der Waals surface area contributed by atoms with Crippen molar-refractivity contribution < 1.29 is 9.53 Å². The van der Waals surface area contributed by atoms with E-state index in [1.807, 2.05) is 30.9 Å². The molecule has 130 valence electrons. The van der Waals surface area contributed by atoms with Gasteiger partial charge in [0.2, 0.25) is 0 Å². The second-order valence-corrected chi connectivity index (χ2v) is 6.82. The maximum atomic E-state index is 12.3. The summed E-state index contributed by atoms with van der Waals surface area (Å²) in [6.07, 6.45) is 1.84. The van der Waals surface area contributed by atoms with Crippen molar-refractivity contribution >= 4 is 17.2 Å². The van der Waals surface area contributed by atoms with Gasteiger partial charge in [-0.3, -0.25) is 9.69 Å². The average molecular weight is 348 g/mol. The molecule has 1 N–H and O–H groups in total. The number of rotatable bonds is 6. The Kier molecular flexibility index (Phi) is 5.65. The fourth-order valence-corrected chi connectivity index (χ4v) is 3.69. The summed E-state index contributed by atoms with van der Waals surface area (Å²) in [6.45, 7) is 8.83. The van der Waals surface area contributed by atoms with Gasteiger partial charge in [0.05, 0.1) is 5.69 Å². The van der Waals surface area contributed by atoms with Crippen molar-refractivity contribution in [3.05, 3.63) is 40.1 Å². The minimum Gasteiger partial charge on any atom is -0.372 e. The molecule has 2 aromatic rings. The molecule has 1 atom stereocenters. The van der Waals surface area contributed by atoms with Gasteiger partial charge in [-0.2, -0.15) is 0 Å². The molecule has 0 radical (unpaired) electrons. The third-order valence-electron chi connectivity index (χ3n) is 4.21. The fourth-order valence-electron chi connectivity index (χ4n) is 2.88. The monoisotopic (exact) mass is 348 g/mol. The zero-order valence-electron chi connectivity index (χ0n) is 14.2. The van der Waals surface area contributed by atoms with Crippen LogP contribution < -0.4 is 0 Å². The van der Waals surface area contributed by atoms with Crippen LogP contribution in [0.25, 0.3) is 0 Å². The van der Waals surface area contributed by atoms with Gasteiger partial charge in [-0.25, -0.2) is 4.98 Å². The Morgan fingerprint density at radius 3 is 2.88 bits per heavy atom. The number of piperazine rings is 1. The van der Waals surface area contributed by atoms with Crippen molar-refractivity contribution in [3.8, 4) is 0 Å². The minimum absolute atomic E-state index is 0.0593. The van der Waals surface area contributed by atoms with Crippen molar-refractivity contribution in [2.75, 3.05) is 32.8 Å². The van der Waals surface area contributed by atoms with Crippen molar-refractivity contribution in [1.82, 2.24) is 19.8 Å². The fraction of sp³-hybridized carbons (Fsp3) is 0.529. The van der Waals surface area contributed by atoms with Crippen molar-refractivity contribution in [2.45, 2.75) is 26.5 Å². The van der Waals surface area contributed by atoms with Crippen LogP contribution in [0.3, 0.4) is 0 Å². The number of carbonyl (C=O) groups is 1. The minimum atomic E-state index is 0.0593. The van der Waals surface area contributed by atoms with Gasteiger partial charge in [0, 0.05) is 50.9 Å². The van der Waals surface area contributed by atoms with Crippen LogP contribution >= 0.6 is 11.3 Å². The van der Waals surface area contributed by atoms with Gasteiger partial charge in [-0.1, -0.05) is 0 Å². The smallest absolute Gasteiger partial charge is 0.270 e. The zero-order chi connectivity index (χ0) is 16.9. The van der Waals surface area contributed by atoms with Crippen LogP contribution in [0.1, 0.15) is 41.1 Å². The van der Waals surface area contributed by atoms with E-state index < -0.39 is 0 Å². The number of aromatic amines is 1. The van der Waals surface area contributed by atoms with Crippen LogP contribution in [-0.2, 0) is 11.3 Å². The lowest BCUT2D eigenvalue weighted by Gasteiger charge is -2.34. The summed E-state index contributed by atoms with van der Waals surface area (Å²) >= 11 is 1.66. The molecule has 24 heavy (non-hydrogen) atoms. The average Bonchev–Trinajstić information content (AvgIpc) is 3.27. The number of H-pyrrole nitrogens is 1. The molecule has 7 heteroatoms. The van der Waals surface area contributed by atoms with E-state index in [9.17, 15) is 4.79 Å². The zero-order valence-corrected chi connectivity index (χ0v) is 15.0. The van der Waals surface area contributed by atoms with E-state index in [-0.39, 0.29) is 12.0 Å². The lowest BCUT2D eigenvalue weighted by atomic mass is 10.2. The third kappa shape index (κ3) is 4.03. The Hall–Kier alpha value is -1.70. The highest BCUT2D eigenvalue weighted by Gasteiger charge is 2.23. The molecule has 0 bridgehead atoms. The molecule has 3 rings (SSSR count). The van der Waals surface area contributed by atoms with E-state index in [0.717, 1.165) is 43.4 Å². The predicted octanol–water partition coefficient (Wildman–Crippen LogP) is 2.53. The number of hydrogen-bond donors (Lipinski definition) is 1. The van der Waals surface area contributed by atoms with E-state index >= 15 is 0 Å². The van der Waals surface area contributed by atoms with E-state index in [2.05, 4.69) is 20.2 Å². The van der Waals surface area contributed by atoms with Crippen LogP contribution in [-0.4, -0.2) is 58.5 Å². The lowest BCUT2D eigenvalue weighted by Crippen LogP contribution is -2.48. The van der Waals surface area contributed by atoms with Gasteiger partial charge < -0.3 is 14.6 Å². The molecule has 1 amide bonds. The maximum Gasteiger partial charge on any atom is 0.270 e. The molecular weight excluding hydrogens is 324 g/mol. The molecule has 0 aromatic carbocycles. The van der Waals surface area contributed by atoms with E-state index in [4.69, 9.17) is 4.74 Å². The molecule has 1 saturated heterocycles. The van der Waals surface area contributed by atoms with Gasteiger partial charge in [0.25, 0.3) is 5.91 Å². The highest BCUT2D eigenvalue weighted by molar-refractivity contribution is 7.09. The second kappa shape index (κ2) is 7.92. The number of ether oxygens (including phenoxy) is 1. The van der Waals surface area contributed by atoms with E-state index in [1.165, 1.54) is 0 Å². The summed E-state index contributed by atoms with van der Waals surface area (Å²) in [5, 5.41) is 3.15. The summed E-state index contributed by atoms with van der Waals surface area (Å²) in [5.41, 5.74) is 1.75. The number of nitrogens with zero attached hydrogens (tertiary/aromatic N) is 3.